The molecule has 1 aliphatic rings. The zero-order valence-corrected chi connectivity index (χ0v) is 12.3. The van der Waals surface area contributed by atoms with Gasteiger partial charge in [0.1, 0.15) is 5.82 Å². The van der Waals surface area contributed by atoms with E-state index >= 15 is 0 Å². The maximum Gasteiger partial charge on any atom is 0.120 e. The number of aromatic amines is 2. The van der Waals surface area contributed by atoms with Crippen molar-refractivity contribution < 1.29 is 0 Å². The van der Waals surface area contributed by atoms with E-state index in [0.29, 0.717) is 12.0 Å². The van der Waals surface area contributed by atoms with Crippen LogP contribution >= 0.6 is 0 Å². The van der Waals surface area contributed by atoms with Crippen LogP contribution in [0.2, 0.25) is 0 Å². The van der Waals surface area contributed by atoms with Gasteiger partial charge in [-0.1, -0.05) is 26.7 Å². The highest BCUT2D eigenvalue weighted by atomic mass is 15.2. The van der Waals surface area contributed by atoms with E-state index < -0.39 is 0 Å². The lowest BCUT2D eigenvalue weighted by atomic mass is 9.87. The van der Waals surface area contributed by atoms with Crippen LogP contribution in [-0.4, -0.2) is 31.4 Å². The molecular formula is C15H23N5. The third-order valence-electron chi connectivity index (χ3n) is 4.48. The van der Waals surface area contributed by atoms with Gasteiger partial charge in [0.05, 0.1) is 24.6 Å². The van der Waals surface area contributed by atoms with Crippen LogP contribution in [0.15, 0.2) is 18.7 Å². The lowest BCUT2D eigenvalue weighted by Gasteiger charge is -2.38. The van der Waals surface area contributed by atoms with Crippen molar-refractivity contribution in [3.05, 3.63) is 35.9 Å². The molecule has 20 heavy (non-hydrogen) atoms. The molecule has 2 aromatic rings. The second kappa shape index (κ2) is 5.79. The van der Waals surface area contributed by atoms with Crippen molar-refractivity contribution in [1.82, 2.24) is 24.8 Å². The maximum absolute atomic E-state index is 4.61. The summed E-state index contributed by atoms with van der Waals surface area (Å²) in [5, 5.41) is 0. The van der Waals surface area contributed by atoms with E-state index in [1.165, 1.54) is 24.2 Å². The van der Waals surface area contributed by atoms with Crippen molar-refractivity contribution in [3.63, 3.8) is 0 Å². The number of imidazole rings is 2. The summed E-state index contributed by atoms with van der Waals surface area (Å²) in [5.74, 6) is 1.69. The summed E-state index contributed by atoms with van der Waals surface area (Å²) < 4.78 is 0. The molecule has 0 amide bonds. The maximum atomic E-state index is 4.61. The first-order valence-electron chi connectivity index (χ1n) is 7.57. The second-order valence-electron chi connectivity index (χ2n) is 5.54. The minimum Gasteiger partial charge on any atom is -0.348 e. The Kier molecular flexibility index (Phi) is 3.87. The molecular weight excluding hydrogens is 250 g/mol. The van der Waals surface area contributed by atoms with Gasteiger partial charge in [0, 0.05) is 31.1 Å². The summed E-state index contributed by atoms with van der Waals surface area (Å²) in [7, 11) is 0. The van der Waals surface area contributed by atoms with Crippen molar-refractivity contribution in [1.29, 1.82) is 0 Å². The van der Waals surface area contributed by atoms with E-state index in [2.05, 4.69) is 38.7 Å². The molecule has 0 fully saturated rings. The molecule has 0 spiro atoms. The molecule has 3 heterocycles. The molecule has 0 radical (unpaired) electrons. The van der Waals surface area contributed by atoms with Crippen molar-refractivity contribution >= 4 is 0 Å². The quantitative estimate of drug-likeness (QED) is 0.880. The monoisotopic (exact) mass is 273 g/mol. The van der Waals surface area contributed by atoms with Gasteiger partial charge in [-0.05, 0) is 5.92 Å². The first-order chi connectivity index (χ1) is 9.83. The summed E-state index contributed by atoms with van der Waals surface area (Å²) in [4.78, 5) is 18.0. The fourth-order valence-electron chi connectivity index (χ4n) is 3.36. The molecule has 2 aromatic heterocycles. The Morgan fingerprint density at radius 3 is 2.85 bits per heavy atom. The molecule has 0 aromatic carbocycles. The minimum atomic E-state index is 0.408. The number of rotatable bonds is 5. The lowest BCUT2D eigenvalue weighted by Crippen LogP contribution is -2.39. The zero-order valence-electron chi connectivity index (χ0n) is 12.3. The van der Waals surface area contributed by atoms with Crippen molar-refractivity contribution in [3.8, 4) is 0 Å². The Morgan fingerprint density at radius 1 is 1.30 bits per heavy atom. The topological polar surface area (TPSA) is 60.6 Å². The summed E-state index contributed by atoms with van der Waals surface area (Å²) in [6, 6.07) is 0.408. The average molecular weight is 273 g/mol. The van der Waals surface area contributed by atoms with Gasteiger partial charge in [-0.15, -0.1) is 0 Å². The Morgan fingerprint density at radius 2 is 2.15 bits per heavy atom. The SMILES string of the molecule is CCC(CC)C1c2nc[nH]c2CCN1Cc1ncc[nH]1. The van der Waals surface area contributed by atoms with Gasteiger partial charge in [-0.25, -0.2) is 9.97 Å². The van der Waals surface area contributed by atoms with Crippen LogP contribution in [0.4, 0.5) is 0 Å². The molecule has 1 unspecified atom stereocenters. The predicted octanol–water partition coefficient (Wildman–Crippen LogP) is 2.67. The van der Waals surface area contributed by atoms with Crippen molar-refractivity contribution in [2.45, 2.75) is 45.7 Å². The van der Waals surface area contributed by atoms with E-state index in [4.69, 9.17) is 0 Å². The number of fused-ring (bicyclic) bond motifs is 1. The number of hydrogen-bond donors (Lipinski definition) is 2. The normalized spacial score (nSPS) is 19.4. The molecule has 5 nitrogen and oxygen atoms in total. The third-order valence-corrected chi connectivity index (χ3v) is 4.48. The molecule has 3 rings (SSSR count). The van der Waals surface area contributed by atoms with Gasteiger partial charge in [0.25, 0.3) is 0 Å². The van der Waals surface area contributed by atoms with Gasteiger partial charge >= 0.3 is 0 Å². The number of nitrogens with zero attached hydrogens (tertiary/aromatic N) is 3. The predicted molar refractivity (Wildman–Crippen MR) is 78.1 cm³/mol. The smallest absolute Gasteiger partial charge is 0.120 e. The van der Waals surface area contributed by atoms with Gasteiger partial charge in [-0.3, -0.25) is 4.90 Å². The van der Waals surface area contributed by atoms with E-state index in [9.17, 15) is 0 Å². The first kappa shape index (κ1) is 13.4. The highest BCUT2D eigenvalue weighted by Crippen LogP contribution is 2.37. The van der Waals surface area contributed by atoms with Crippen LogP contribution in [0.5, 0.6) is 0 Å². The van der Waals surface area contributed by atoms with Gasteiger partial charge in [0.2, 0.25) is 0 Å². The molecule has 1 atom stereocenters. The Hall–Kier alpha value is -1.62. The van der Waals surface area contributed by atoms with Gasteiger partial charge < -0.3 is 9.97 Å². The Balaban J connectivity index is 1.88. The third kappa shape index (κ3) is 2.38. The van der Waals surface area contributed by atoms with Crippen molar-refractivity contribution in [2.75, 3.05) is 6.54 Å². The van der Waals surface area contributed by atoms with E-state index in [1.54, 1.807) is 0 Å². The molecule has 2 N–H and O–H groups in total. The summed E-state index contributed by atoms with van der Waals surface area (Å²) in [5.41, 5.74) is 2.56. The highest BCUT2D eigenvalue weighted by Gasteiger charge is 2.34. The molecule has 5 heteroatoms. The van der Waals surface area contributed by atoms with Crippen LogP contribution < -0.4 is 0 Å². The Labute approximate surface area is 119 Å². The number of H-pyrrole nitrogens is 2. The molecule has 108 valence electrons. The first-order valence-corrected chi connectivity index (χ1v) is 7.57. The van der Waals surface area contributed by atoms with Gasteiger partial charge in [0.15, 0.2) is 0 Å². The summed E-state index contributed by atoms with van der Waals surface area (Å²) in [6.07, 6.45) is 8.98. The fourth-order valence-corrected chi connectivity index (χ4v) is 3.36. The molecule has 0 saturated heterocycles. The van der Waals surface area contributed by atoms with Crippen LogP contribution in [0.1, 0.15) is 49.9 Å². The number of nitrogens with one attached hydrogen (secondary N) is 2. The molecule has 0 aliphatic carbocycles. The standard InChI is InChI=1S/C15H23N5/c1-3-11(4-2)15-14-12(18-10-19-14)5-8-20(15)9-13-16-6-7-17-13/h6-7,10-11,15H,3-5,8-9H2,1-2H3,(H,16,17)(H,18,19). The number of hydrogen-bond acceptors (Lipinski definition) is 3. The lowest BCUT2D eigenvalue weighted by molar-refractivity contribution is 0.110. The van der Waals surface area contributed by atoms with Crippen LogP contribution in [-0.2, 0) is 13.0 Å². The van der Waals surface area contributed by atoms with E-state index in [1.807, 2.05) is 18.7 Å². The molecule has 0 bridgehead atoms. The largest absolute Gasteiger partial charge is 0.348 e. The van der Waals surface area contributed by atoms with E-state index in [0.717, 1.165) is 25.3 Å². The second-order valence-corrected chi connectivity index (χ2v) is 5.54. The van der Waals surface area contributed by atoms with Crippen LogP contribution in [0, 0.1) is 5.92 Å². The fraction of sp³-hybridized carbons (Fsp3) is 0.600. The highest BCUT2D eigenvalue weighted by molar-refractivity contribution is 5.20. The van der Waals surface area contributed by atoms with Crippen LogP contribution in [0.25, 0.3) is 0 Å². The minimum absolute atomic E-state index is 0.408. The van der Waals surface area contributed by atoms with Crippen molar-refractivity contribution in [2.24, 2.45) is 5.92 Å². The molecule has 0 saturated carbocycles. The summed E-state index contributed by atoms with van der Waals surface area (Å²) >= 11 is 0. The zero-order chi connectivity index (χ0) is 13.9. The average Bonchev–Trinajstić information content (AvgIpc) is 3.12. The number of aromatic nitrogens is 4. The van der Waals surface area contributed by atoms with Gasteiger partial charge in [-0.2, -0.15) is 0 Å². The summed E-state index contributed by atoms with van der Waals surface area (Å²) in [6.45, 7) is 6.50. The van der Waals surface area contributed by atoms with E-state index in [-0.39, 0.29) is 0 Å². The molecule has 1 aliphatic heterocycles. The van der Waals surface area contributed by atoms with Crippen LogP contribution in [0.3, 0.4) is 0 Å². The Bertz CT molecular complexity index is 526.